The van der Waals surface area contributed by atoms with Crippen LogP contribution in [0.25, 0.3) is 0 Å². The molecule has 3 N–H and O–H groups in total. The molecule has 0 saturated carbocycles. The molecule has 7 heteroatoms. The number of aryl methyl sites for hydroxylation is 2. The van der Waals surface area contributed by atoms with Crippen LogP contribution >= 0.6 is 11.3 Å². The zero-order chi connectivity index (χ0) is 15.8. The minimum Gasteiger partial charge on any atom is -0.398 e. The number of thiazole rings is 1. The SMILES string of the molecule is Cc1nc(C)c(C(C)NS(=O)(=O)c2cccc(N)c2C)s1. The van der Waals surface area contributed by atoms with E-state index in [-0.39, 0.29) is 10.9 Å². The molecule has 1 unspecified atom stereocenters. The Balaban J connectivity index is 2.33. The van der Waals surface area contributed by atoms with Gasteiger partial charge in [-0.1, -0.05) is 6.07 Å². The highest BCUT2D eigenvalue weighted by molar-refractivity contribution is 7.89. The highest BCUT2D eigenvalue weighted by atomic mass is 32.2. The third-order valence-corrected chi connectivity index (χ3v) is 6.22. The summed E-state index contributed by atoms with van der Waals surface area (Å²) in [6.07, 6.45) is 0. The van der Waals surface area contributed by atoms with Gasteiger partial charge in [0.2, 0.25) is 10.0 Å². The van der Waals surface area contributed by atoms with E-state index in [9.17, 15) is 8.42 Å². The number of benzene rings is 1. The van der Waals surface area contributed by atoms with Gasteiger partial charge in [0.15, 0.2) is 0 Å². The van der Waals surface area contributed by atoms with E-state index in [1.807, 2.05) is 20.8 Å². The van der Waals surface area contributed by atoms with Crippen molar-refractivity contribution in [3.8, 4) is 0 Å². The van der Waals surface area contributed by atoms with Gasteiger partial charge < -0.3 is 5.73 Å². The Hall–Kier alpha value is -1.44. The van der Waals surface area contributed by atoms with Gasteiger partial charge in [-0.25, -0.2) is 18.1 Å². The third kappa shape index (κ3) is 3.25. The Morgan fingerprint density at radius 1 is 1.29 bits per heavy atom. The maximum atomic E-state index is 12.5. The molecular formula is C14H19N3O2S2. The molecule has 114 valence electrons. The van der Waals surface area contributed by atoms with Crippen molar-refractivity contribution in [2.45, 2.75) is 38.6 Å². The topological polar surface area (TPSA) is 85.1 Å². The van der Waals surface area contributed by atoms with E-state index < -0.39 is 10.0 Å². The van der Waals surface area contributed by atoms with Crippen LogP contribution in [0, 0.1) is 20.8 Å². The number of rotatable bonds is 4. The van der Waals surface area contributed by atoms with E-state index >= 15 is 0 Å². The molecule has 5 nitrogen and oxygen atoms in total. The maximum absolute atomic E-state index is 12.5. The van der Waals surface area contributed by atoms with Crippen molar-refractivity contribution in [2.24, 2.45) is 0 Å². The van der Waals surface area contributed by atoms with Crippen molar-refractivity contribution >= 4 is 27.0 Å². The number of nitrogens with one attached hydrogen (secondary N) is 1. The molecule has 0 aliphatic rings. The van der Waals surface area contributed by atoms with Gasteiger partial charge in [0.05, 0.1) is 21.6 Å². The van der Waals surface area contributed by atoms with Crippen LogP contribution in [-0.2, 0) is 10.0 Å². The molecule has 0 amide bonds. The summed E-state index contributed by atoms with van der Waals surface area (Å²) < 4.78 is 27.7. The van der Waals surface area contributed by atoms with E-state index in [4.69, 9.17) is 5.73 Å². The fraction of sp³-hybridized carbons (Fsp3) is 0.357. The first kappa shape index (κ1) is 15.9. The first-order chi connectivity index (χ1) is 9.72. The van der Waals surface area contributed by atoms with Crippen LogP contribution in [0.5, 0.6) is 0 Å². The summed E-state index contributed by atoms with van der Waals surface area (Å²) in [5.74, 6) is 0. The predicted octanol–water partition coefficient (Wildman–Crippen LogP) is 2.69. The number of hydrogen-bond donors (Lipinski definition) is 2. The molecule has 0 fully saturated rings. The fourth-order valence-corrected chi connectivity index (χ4v) is 4.71. The highest BCUT2D eigenvalue weighted by Gasteiger charge is 2.23. The normalized spacial score (nSPS) is 13.3. The molecule has 1 heterocycles. The van der Waals surface area contributed by atoms with Gasteiger partial charge in [0, 0.05) is 10.6 Å². The van der Waals surface area contributed by atoms with Crippen molar-refractivity contribution in [1.82, 2.24) is 9.71 Å². The first-order valence-corrected chi connectivity index (χ1v) is 8.83. The molecule has 0 aliphatic heterocycles. The molecule has 0 radical (unpaired) electrons. The average Bonchev–Trinajstić information content (AvgIpc) is 2.71. The molecule has 0 saturated heterocycles. The zero-order valence-electron chi connectivity index (χ0n) is 12.5. The fourth-order valence-electron chi connectivity index (χ4n) is 2.22. The third-order valence-electron chi connectivity index (χ3n) is 3.28. The minimum atomic E-state index is -3.62. The monoisotopic (exact) mass is 325 g/mol. The van der Waals surface area contributed by atoms with Crippen LogP contribution in [0.15, 0.2) is 23.1 Å². The van der Waals surface area contributed by atoms with Crippen LogP contribution in [0.1, 0.15) is 34.1 Å². The van der Waals surface area contributed by atoms with Crippen molar-refractivity contribution in [1.29, 1.82) is 0 Å². The zero-order valence-corrected chi connectivity index (χ0v) is 14.1. The molecule has 1 aromatic heterocycles. The lowest BCUT2D eigenvalue weighted by molar-refractivity contribution is 0.567. The Morgan fingerprint density at radius 3 is 2.52 bits per heavy atom. The number of sulfonamides is 1. The summed E-state index contributed by atoms with van der Waals surface area (Å²) in [4.78, 5) is 5.47. The first-order valence-electron chi connectivity index (χ1n) is 6.53. The molecule has 0 aliphatic carbocycles. The Labute approximate surface area is 129 Å². The maximum Gasteiger partial charge on any atom is 0.241 e. The number of hydrogen-bond acceptors (Lipinski definition) is 5. The molecule has 1 aromatic carbocycles. The molecule has 1 atom stereocenters. The van der Waals surface area contributed by atoms with E-state index in [1.54, 1.807) is 25.1 Å². The van der Waals surface area contributed by atoms with Gasteiger partial charge in [0.25, 0.3) is 0 Å². The van der Waals surface area contributed by atoms with Crippen molar-refractivity contribution in [3.05, 3.63) is 39.3 Å². The van der Waals surface area contributed by atoms with Crippen molar-refractivity contribution < 1.29 is 8.42 Å². The largest absolute Gasteiger partial charge is 0.398 e. The van der Waals surface area contributed by atoms with Crippen molar-refractivity contribution in [3.63, 3.8) is 0 Å². The Morgan fingerprint density at radius 2 is 1.95 bits per heavy atom. The van der Waals surface area contributed by atoms with E-state index in [2.05, 4.69) is 9.71 Å². The van der Waals surface area contributed by atoms with Gasteiger partial charge in [-0.3, -0.25) is 0 Å². The van der Waals surface area contributed by atoms with Crippen LogP contribution < -0.4 is 10.5 Å². The van der Waals surface area contributed by atoms with E-state index in [0.717, 1.165) is 15.6 Å². The number of aromatic nitrogens is 1. The van der Waals surface area contributed by atoms with Gasteiger partial charge in [0.1, 0.15) is 0 Å². The van der Waals surface area contributed by atoms with Crippen LogP contribution in [0.2, 0.25) is 0 Å². The van der Waals surface area contributed by atoms with E-state index in [1.165, 1.54) is 11.3 Å². The number of nitrogen functional groups attached to an aromatic ring is 1. The summed E-state index contributed by atoms with van der Waals surface area (Å²) in [5.41, 5.74) is 7.68. The predicted molar refractivity (Wildman–Crippen MR) is 85.9 cm³/mol. The second kappa shape index (κ2) is 5.75. The lowest BCUT2D eigenvalue weighted by atomic mass is 10.2. The Bertz CT molecular complexity index is 767. The molecule has 0 spiro atoms. The summed E-state index contributed by atoms with van der Waals surface area (Å²) in [6, 6.07) is 4.56. The van der Waals surface area contributed by atoms with Gasteiger partial charge in [-0.15, -0.1) is 11.3 Å². The van der Waals surface area contributed by atoms with Gasteiger partial charge in [-0.05, 0) is 45.4 Å². The smallest absolute Gasteiger partial charge is 0.241 e. The second-order valence-electron chi connectivity index (χ2n) is 5.00. The lowest BCUT2D eigenvalue weighted by Gasteiger charge is -2.15. The number of anilines is 1. The second-order valence-corrected chi connectivity index (χ2v) is 7.91. The molecule has 0 bridgehead atoms. The summed E-state index contributed by atoms with van der Waals surface area (Å²) >= 11 is 1.50. The lowest BCUT2D eigenvalue weighted by Crippen LogP contribution is -2.27. The van der Waals surface area contributed by atoms with Gasteiger partial charge >= 0.3 is 0 Å². The molecular weight excluding hydrogens is 306 g/mol. The summed E-state index contributed by atoms with van der Waals surface area (Å²) in [6.45, 7) is 7.32. The van der Waals surface area contributed by atoms with Crippen LogP contribution in [0.3, 0.4) is 0 Å². The highest BCUT2D eigenvalue weighted by Crippen LogP contribution is 2.27. The molecule has 21 heavy (non-hydrogen) atoms. The standard InChI is InChI=1S/C14H19N3O2S2/c1-8-12(15)6-5-7-13(8)21(18,19)17-10(3)14-9(2)16-11(4)20-14/h5-7,10,17H,15H2,1-4H3. The number of nitrogens with two attached hydrogens (primary N) is 1. The van der Waals surface area contributed by atoms with Crippen molar-refractivity contribution in [2.75, 3.05) is 5.73 Å². The molecule has 2 aromatic rings. The van der Waals surface area contributed by atoms with E-state index in [0.29, 0.717) is 11.3 Å². The number of nitrogens with zero attached hydrogens (tertiary/aromatic N) is 1. The van der Waals surface area contributed by atoms with Crippen LogP contribution in [-0.4, -0.2) is 13.4 Å². The van der Waals surface area contributed by atoms with Crippen LogP contribution in [0.4, 0.5) is 5.69 Å². The summed E-state index contributed by atoms with van der Waals surface area (Å²) in [5, 5.41) is 0.925. The minimum absolute atomic E-state index is 0.216. The summed E-state index contributed by atoms with van der Waals surface area (Å²) in [7, 11) is -3.62. The molecule has 2 rings (SSSR count). The van der Waals surface area contributed by atoms with Gasteiger partial charge in [-0.2, -0.15) is 0 Å². The quantitative estimate of drug-likeness (QED) is 0.846. The Kier molecular flexibility index (Phi) is 4.36. The average molecular weight is 325 g/mol.